The zero-order valence-corrected chi connectivity index (χ0v) is 12.9. The maximum atomic E-state index is 12.6. The molecule has 3 aliphatic rings. The quantitative estimate of drug-likeness (QED) is 0.918. The monoisotopic (exact) mass is 304 g/mol. The van der Waals surface area contributed by atoms with E-state index in [1.165, 1.54) is 0 Å². The molecule has 5 nitrogen and oxygen atoms in total. The van der Waals surface area contributed by atoms with Crippen LogP contribution in [0.2, 0.25) is 0 Å². The Balaban J connectivity index is 1.30. The molecule has 2 heterocycles. The van der Waals surface area contributed by atoms with Gasteiger partial charge in [-0.2, -0.15) is 0 Å². The molecule has 0 aromatic carbocycles. The number of aliphatic hydroxyl groups is 1. The van der Waals surface area contributed by atoms with Gasteiger partial charge >= 0.3 is 0 Å². The molecule has 22 heavy (non-hydrogen) atoms. The fourth-order valence-electron chi connectivity index (χ4n) is 4.14. The Hall–Kier alpha value is -1.33. The fraction of sp³-hybridized carbons (Fsp3) is 0.706. The van der Waals surface area contributed by atoms with Gasteiger partial charge in [-0.25, -0.2) is 0 Å². The van der Waals surface area contributed by atoms with Crippen molar-refractivity contribution >= 4 is 5.91 Å². The first-order valence-electron chi connectivity index (χ1n) is 8.48. The van der Waals surface area contributed by atoms with Crippen LogP contribution in [0.15, 0.2) is 22.8 Å². The number of amides is 1. The lowest BCUT2D eigenvalue weighted by molar-refractivity contribution is -0.135. The summed E-state index contributed by atoms with van der Waals surface area (Å²) in [5.74, 6) is 1.64. The number of nitrogens with zero attached hydrogens (tertiary/aromatic N) is 2. The smallest absolute Gasteiger partial charge is 0.226 e. The number of carbonyl (C=O) groups excluding carboxylic acids is 1. The molecule has 4 rings (SSSR count). The van der Waals surface area contributed by atoms with E-state index in [0.717, 1.165) is 57.6 Å². The second kappa shape index (κ2) is 5.70. The van der Waals surface area contributed by atoms with Crippen molar-refractivity contribution in [2.45, 2.75) is 43.7 Å². The van der Waals surface area contributed by atoms with Crippen LogP contribution in [0.5, 0.6) is 0 Å². The minimum absolute atomic E-state index is 0.120. The second-order valence-corrected chi connectivity index (χ2v) is 6.89. The van der Waals surface area contributed by atoms with Gasteiger partial charge in [0.1, 0.15) is 5.76 Å². The summed E-state index contributed by atoms with van der Waals surface area (Å²) >= 11 is 0. The predicted octanol–water partition coefficient (Wildman–Crippen LogP) is 1.44. The van der Waals surface area contributed by atoms with Crippen LogP contribution in [-0.2, 0) is 4.79 Å². The summed E-state index contributed by atoms with van der Waals surface area (Å²) in [7, 11) is 0. The van der Waals surface area contributed by atoms with Crippen molar-refractivity contribution in [3.8, 4) is 0 Å². The molecule has 1 amide bonds. The first kappa shape index (κ1) is 14.3. The molecular weight excluding hydrogens is 280 g/mol. The third-order valence-corrected chi connectivity index (χ3v) is 5.56. The van der Waals surface area contributed by atoms with Gasteiger partial charge < -0.3 is 14.4 Å². The number of rotatable bonds is 3. The van der Waals surface area contributed by atoms with E-state index in [2.05, 4.69) is 4.90 Å². The molecule has 1 aromatic rings. The lowest BCUT2D eigenvalue weighted by atomic mass is 10.1. The second-order valence-electron chi connectivity index (χ2n) is 6.89. The number of aliphatic hydroxyl groups excluding tert-OH is 1. The minimum atomic E-state index is -0.172. The van der Waals surface area contributed by atoms with Gasteiger partial charge in [0.05, 0.1) is 12.4 Å². The van der Waals surface area contributed by atoms with Crippen molar-refractivity contribution in [3.05, 3.63) is 24.2 Å². The van der Waals surface area contributed by atoms with Crippen molar-refractivity contribution in [2.75, 3.05) is 26.2 Å². The molecule has 2 aliphatic carbocycles. The molecule has 120 valence electrons. The number of hydrogen-bond donors (Lipinski definition) is 1. The SMILES string of the molecule is O=C([C@@H]1C[C@@H]1c1ccco1)N1CCN([C@@H]2CCC[C@@H]2O)CC1. The van der Waals surface area contributed by atoms with Gasteiger partial charge in [-0.3, -0.25) is 9.69 Å². The van der Waals surface area contributed by atoms with Crippen LogP contribution < -0.4 is 0 Å². The normalized spacial score (nSPS) is 35.8. The zero-order chi connectivity index (χ0) is 15.1. The van der Waals surface area contributed by atoms with Gasteiger partial charge in [-0.1, -0.05) is 0 Å². The zero-order valence-electron chi connectivity index (χ0n) is 12.9. The molecule has 1 saturated heterocycles. The van der Waals surface area contributed by atoms with Gasteiger partial charge in [0.15, 0.2) is 0 Å². The van der Waals surface area contributed by atoms with E-state index in [4.69, 9.17) is 4.42 Å². The summed E-state index contributed by atoms with van der Waals surface area (Å²) in [5.41, 5.74) is 0. The molecule has 1 aromatic heterocycles. The van der Waals surface area contributed by atoms with Gasteiger partial charge in [0.25, 0.3) is 0 Å². The fourth-order valence-corrected chi connectivity index (χ4v) is 4.14. The molecular formula is C17H24N2O3. The number of piperazine rings is 1. The van der Waals surface area contributed by atoms with Gasteiger partial charge in [0.2, 0.25) is 5.91 Å². The Kier molecular flexibility index (Phi) is 3.70. The van der Waals surface area contributed by atoms with E-state index in [9.17, 15) is 9.90 Å². The highest BCUT2D eigenvalue weighted by atomic mass is 16.3. The van der Waals surface area contributed by atoms with E-state index in [1.807, 2.05) is 17.0 Å². The summed E-state index contributed by atoms with van der Waals surface area (Å²) < 4.78 is 5.41. The van der Waals surface area contributed by atoms with Crippen LogP contribution in [0, 0.1) is 5.92 Å². The third kappa shape index (κ3) is 2.57. The maximum Gasteiger partial charge on any atom is 0.226 e. The molecule has 3 fully saturated rings. The standard InChI is InChI=1S/C17H24N2O3/c20-15-4-1-3-14(15)18-6-8-19(9-7-18)17(21)13-11-12(13)16-5-2-10-22-16/h2,5,10,12-15,20H,1,3-4,6-9,11H2/t12-,13+,14+,15-/m0/s1. The highest BCUT2D eigenvalue weighted by Crippen LogP contribution is 2.48. The molecule has 0 radical (unpaired) electrons. The third-order valence-electron chi connectivity index (χ3n) is 5.56. The molecule has 0 unspecified atom stereocenters. The van der Waals surface area contributed by atoms with Crippen molar-refractivity contribution in [3.63, 3.8) is 0 Å². The van der Waals surface area contributed by atoms with Crippen LogP contribution in [-0.4, -0.2) is 59.1 Å². The molecule has 0 spiro atoms. The molecule has 4 atom stereocenters. The van der Waals surface area contributed by atoms with E-state index < -0.39 is 0 Å². The van der Waals surface area contributed by atoms with E-state index in [0.29, 0.717) is 6.04 Å². The molecule has 1 aliphatic heterocycles. The Morgan fingerprint density at radius 3 is 2.68 bits per heavy atom. The van der Waals surface area contributed by atoms with Crippen LogP contribution in [0.1, 0.15) is 37.4 Å². The molecule has 0 bridgehead atoms. The van der Waals surface area contributed by atoms with Gasteiger partial charge in [-0.15, -0.1) is 0 Å². The number of furan rings is 1. The Labute approximate surface area is 130 Å². The van der Waals surface area contributed by atoms with Gasteiger partial charge in [-0.05, 0) is 37.8 Å². The van der Waals surface area contributed by atoms with Crippen molar-refractivity contribution in [2.24, 2.45) is 5.92 Å². The number of carbonyl (C=O) groups is 1. The molecule has 5 heteroatoms. The first-order valence-corrected chi connectivity index (χ1v) is 8.48. The summed E-state index contributed by atoms with van der Waals surface area (Å²) in [4.78, 5) is 17.0. The summed E-state index contributed by atoms with van der Waals surface area (Å²) in [6, 6.07) is 4.17. The summed E-state index contributed by atoms with van der Waals surface area (Å²) in [6.45, 7) is 3.38. The van der Waals surface area contributed by atoms with Crippen molar-refractivity contribution in [1.82, 2.24) is 9.80 Å². The van der Waals surface area contributed by atoms with Crippen LogP contribution in [0.25, 0.3) is 0 Å². The van der Waals surface area contributed by atoms with E-state index in [1.54, 1.807) is 6.26 Å². The topological polar surface area (TPSA) is 56.9 Å². The van der Waals surface area contributed by atoms with Gasteiger partial charge in [0, 0.05) is 44.1 Å². The lowest BCUT2D eigenvalue weighted by Gasteiger charge is -2.39. The van der Waals surface area contributed by atoms with Crippen LogP contribution in [0.3, 0.4) is 0 Å². The highest BCUT2D eigenvalue weighted by Gasteiger charge is 2.48. The van der Waals surface area contributed by atoms with E-state index in [-0.39, 0.29) is 23.8 Å². The largest absolute Gasteiger partial charge is 0.469 e. The summed E-state index contributed by atoms with van der Waals surface area (Å²) in [5, 5.41) is 10.0. The summed E-state index contributed by atoms with van der Waals surface area (Å²) in [6.07, 6.45) is 5.58. The minimum Gasteiger partial charge on any atom is -0.469 e. The van der Waals surface area contributed by atoms with E-state index >= 15 is 0 Å². The maximum absolute atomic E-state index is 12.6. The Bertz CT molecular complexity index is 522. The number of hydrogen-bond acceptors (Lipinski definition) is 4. The molecule has 1 N–H and O–H groups in total. The lowest BCUT2D eigenvalue weighted by Crippen LogP contribution is -2.54. The highest BCUT2D eigenvalue weighted by molar-refractivity contribution is 5.83. The van der Waals surface area contributed by atoms with Crippen LogP contribution >= 0.6 is 0 Å². The Morgan fingerprint density at radius 1 is 1.23 bits per heavy atom. The Morgan fingerprint density at radius 2 is 2.05 bits per heavy atom. The first-order chi connectivity index (χ1) is 10.7. The average Bonchev–Trinajstić information content (AvgIpc) is 2.95. The van der Waals surface area contributed by atoms with Crippen molar-refractivity contribution < 1.29 is 14.3 Å². The van der Waals surface area contributed by atoms with Crippen LogP contribution in [0.4, 0.5) is 0 Å². The molecule has 2 saturated carbocycles. The van der Waals surface area contributed by atoms with Crippen molar-refractivity contribution in [1.29, 1.82) is 0 Å². The predicted molar refractivity (Wildman–Crippen MR) is 81.4 cm³/mol. The average molecular weight is 304 g/mol.